The van der Waals surface area contributed by atoms with E-state index in [-0.39, 0.29) is 10.0 Å². The van der Waals surface area contributed by atoms with Gasteiger partial charge >= 0.3 is 0 Å². The Labute approximate surface area is 110 Å². The van der Waals surface area contributed by atoms with Gasteiger partial charge in [0.2, 0.25) is 0 Å². The standard InChI is InChI=1S/C12H15Cl2FN2/c13-10-6-9(7-11(14)12(10)15)17-8-2-1-4-16-5-3-8/h6-8,16-17H,1-5H2. The van der Waals surface area contributed by atoms with Gasteiger partial charge in [0, 0.05) is 11.7 Å². The van der Waals surface area contributed by atoms with Crippen LogP contribution in [0.2, 0.25) is 10.0 Å². The Kier molecular flexibility index (Phi) is 4.48. The largest absolute Gasteiger partial charge is 0.382 e. The summed E-state index contributed by atoms with van der Waals surface area (Å²) in [7, 11) is 0. The van der Waals surface area contributed by atoms with Crippen molar-refractivity contribution in [3.8, 4) is 0 Å². The predicted molar refractivity (Wildman–Crippen MR) is 70.6 cm³/mol. The molecule has 1 atom stereocenters. The van der Waals surface area contributed by atoms with Gasteiger partial charge in [0.05, 0.1) is 10.0 Å². The highest BCUT2D eigenvalue weighted by Gasteiger charge is 2.13. The number of hydrogen-bond donors (Lipinski definition) is 2. The molecule has 1 aliphatic rings. The number of hydrogen-bond acceptors (Lipinski definition) is 2. The maximum atomic E-state index is 13.3. The van der Waals surface area contributed by atoms with Gasteiger partial charge in [0.25, 0.3) is 0 Å². The van der Waals surface area contributed by atoms with Crippen LogP contribution < -0.4 is 10.6 Å². The Morgan fingerprint density at radius 1 is 1.18 bits per heavy atom. The number of halogens is 3. The Hall–Kier alpha value is -0.510. The highest BCUT2D eigenvalue weighted by molar-refractivity contribution is 6.35. The van der Waals surface area contributed by atoms with Crippen LogP contribution in [0.4, 0.5) is 10.1 Å². The lowest BCUT2D eigenvalue weighted by molar-refractivity contribution is 0.625. The minimum Gasteiger partial charge on any atom is -0.382 e. The van der Waals surface area contributed by atoms with E-state index < -0.39 is 5.82 Å². The molecule has 0 amide bonds. The van der Waals surface area contributed by atoms with E-state index in [4.69, 9.17) is 23.2 Å². The Balaban J connectivity index is 2.07. The van der Waals surface area contributed by atoms with Crippen LogP contribution in [0.5, 0.6) is 0 Å². The van der Waals surface area contributed by atoms with Crippen molar-refractivity contribution < 1.29 is 4.39 Å². The van der Waals surface area contributed by atoms with Crippen LogP contribution in [0.15, 0.2) is 12.1 Å². The monoisotopic (exact) mass is 276 g/mol. The summed E-state index contributed by atoms with van der Waals surface area (Å²) in [6.45, 7) is 2.06. The highest BCUT2D eigenvalue weighted by atomic mass is 35.5. The molecule has 0 radical (unpaired) electrons. The van der Waals surface area contributed by atoms with E-state index in [0.717, 1.165) is 38.0 Å². The zero-order valence-electron chi connectivity index (χ0n) is 9.40. The Morgan fingerprint density at radius 3 is 2.59 bits per heavy atom. The third-order valence-corrected chi connectivity index (χ3v) is 3.48. The smallest absolute Gasteiger partial charge is 0.160 e. The summed E-state index contributed by atoms with van der Waals surface area (Å²) >= 11 is 11.5. The van der Waals surface area contributed by atoms with Crippen LogP contribution in [-0.4, -0.2) is 19.1 Å². The topological polar surface area (TPSA) is 24.1 Å². The molecule has 5 heteroatoms. The number of benzene rings is 1. The van der Waals surface area contributed by atoms with Crippen molar-refractivity contribution >= 4 is 28.9 Å². The van der Waals surface area contributed by atoms with Gasteiger partial charge in [-0.2, -0.15) is 0 Å². The molecule has 0 bridgehead atoms. The molecule has 1 aliphatic heterocycles. The van der Waals surface area contributed by atoms with E-state index in [1.165, 1.54) is 0 Å². The summed E-state index contributed by atoms with van der Waals surface area (Å²) < 4.78 is 13.3. The van der Waals surface area contributed by atoms with Gasteiger partial charge in [-0.3, -0.25) is 0 Å². The highest BCUT2D eigenvalue weighted by Crippen LogP contribution is 2.28. The molecule has 0 spiro atoms. The van der Waals surface area contributed by atoms with Crippen molar-refractivity contribution in [2.75, 3.05) is 18.4 Å². The molecule has 2 rings (SSSR count). The predicted octanol–water partition coefficient (Wildman–Crippen LogP) is 3.69. The molecule has 0 saturated carbocycles. The Morgan fingerprint density at radius 2 is 1.88 bits per heavy atom. The molecule has 94 valence electrons. The van der Waals surface area contributed by atoms with Gasteiger partial charge in [-0.15, -0.1) is 0 Å². The average molecular weight is 277 g/mol. The van der Waals surface area contributed by atoms with Crippen molar-refractivity contribution in [2.45, 2.75) is 25.3 Å². The second-order valence-corrected chi connectivity index (χ2v) is 5.09. The fourth-order valence-corrected chi connectivity index (χ4v) is 2.53. The third kappa shape index (κ3) is 3.47. The van der Waals surface area contributed by atoms with Crippen molar-refractivity contribution in [2.24, 2.45) is 0 Å². The van der Waals surface area contributed by atoms with Crippen LogP contribution in [0.3, 0.4) is 0 Å². The van der Waals surface area contributed by atoms with E-state index in [1.54, 1.807) is 12.1 Å². The third-order valence-electron chi connectivity index (χ3n) is 2.93. The molecule has 1 unspecified atom stereocenters. The van der Waals surface area contributed by atoms with Gasteiger partial charge in [-0.25, -0.2) is 4.39 Å². The lowest BCUT2D eigenvalue weighted by atomic mass is 10.1. The zero-order chi connectivity index (χ0) is 12.3. The Bertz CT molecular complexity index is 367. The van der Waals surface area contributed by atoms with Gasteiger partial charge in [0.15, 0.2) is 5.82 Å². The summed E-state index contributed by atoms with van der Waals surface area (Å²) in [4.78, 5) is 0. The molecule has 1 fully saturated rings. The molecule has 1 aromatic carbocycles. The summed E-state index contributed by atoms with van der Waals surface area (Å²) in [5.74, 6) is -0.554. The first-order valence-electron chi connectivity index (χ1n) is 5.78. The van der Waals surface area contributed by atoms with E-state index in [9.17, 15) is 4.39 Å². The molecule has 1 aromatic rings. The van der Waals surface area contributed by atoms with E-state index in [2.05, 4.69) is 10.6 Å². The van der Waals surface area contributed by atoms with Crippen molar-refractivity contribution in [1.82, 2.24) is 5.32 Å². The number of nitrogens with one attached hydrogen (secondary N) is 2. The molecular weight excluding hydrogens is 262 g/mol. The molecule has 2 N–H and O–H groups in total. The van der Waals surface area contributed by atoms with Crippen LogP contribution in [0.1, 0.15) is 19.3 Å². The second kappa shape index (κ2) is 5.89. The maximum absolute atomic E-state index is 13.3. The quantitative estimate of drug-likeness (QED) is 0.806. The molecule has 1 saturated heterocycles. The fourth-order valence-electron chi connectivity index (χ4n) is 2.04. The lowest BCUT2D eigenvalue weighted by Crippen LogP contribution is -2.21. The fraction of sp³-hybridized carbons (Fsp3) is 0.500. The number of anilines is 1. The van der Waals surface area contributed by atoms with E-state index in [1.807, 2.05) is 0 Å². The first kappa shape index (κ1) is 12.9. The molecule has 0 aliphatic carbocycles. The maximum Gasteiger partial charge on any atom is 0.160 e. The molecule has 0 aromatic heterocycles. The molecule has 17 heavy (non-hydrogen) atoms. The van der Waals surface area contributed by atoms with Crippen LogP contribution in [0.25, 0.3) is 0 Å². The van der Waals surface area contributed by atoms with Gasteiger partial charge in [0.1, 0.15) is 0 Å². The van der Waals surface area contributed by atoms with Crippen molar-refractivity contribution in [3.63, 3.8) is 0 Å². The molecule has 2 nitrogen and oxygen atoms in total. The average Bonchev–Trinajstić information content (AvgIpc) is 2.54. The van der Waals surface area contributed by atoms with Gasteiger partial charge < -0.3 is 10.6 Å². The molecule has 1 heterocycles. The summed E-state index contributed by atoms with van der Waals surface area (Å²) in [5, 5.41) is 6.82. The second-order valence-electron chi connectivity index (χ2n) is 4.28. The van der Waals surface area contributed by atoms with E-state index >= 15 is 0 Å². The minimum atomic E-state index is -0.554. The van der Waals surface area contributed by atoms with Crippen LogP contribution >= 0.6 is 23.2 Å². The first-order valence-corrected chi connectivity index (χ1v) is 6.54. The van der Waals surface area contributed by atoms with Crippen LogP contribution in [-0.2, 0) is 0 Å². The first-order chi connectivity index (χ1) is 8.16. The normalized spacial score (nSPS) is 21.0. The summed E-state index contributed by atoms with van der Waals surface area (Å²) in [5.41, 5.74) is 0.785. The number of rotatable bonds is 2. The SMILES string of the molecule is Fc1c(Cl)cc(NC2CCCNCC2)cc1Cl. The van der Waals surface area contributed by atoms with Gasteiger partial charge in [-0.05, 0) is 44.5 Å². The van der Waals surface area contributed by atoms with Crippen LogP contribution in [0, 0.1) is 5.82 Å². The van der Waals surface area contributed by atoms with E-state index in [0.29, 0.717) is 6.04 Å². The van der Waals surface area contributed by atoms with Crippen molar-refractivity contribution in [1.29, 1.82) is 0 Å². The molecular formula is C12H15Cl2FN2. The minimum absolute atomic E-state index is 0.0618. The van der Waals surface area contributed by atoms with Gasteiger partial charge in [-0.1, -0.05) is 23.2 Å². The van der Waals surface area contributed by atoms with Crippen molar-refractivity contribution in [3.05, 3.63) is 28.0 Å². The lowest BCUT2D eigenvalue weighted by Gasteiger charge is -2.18. The summed E-state index contributed by atoms with van der Waals surface area (Å²) in [6, 6.07) is 3.56. The zero-order valence-corrected chi connectivity index (χ0v) is 10.9. The summed E-state index contributed by atoms with van der Waals surface area (Å²) in [6.07, 6.45) is 3.28.